The molecule has 0 aliphatic carbocycles. The predicted octanol–water partition coefficient (Wildman–Crippen LogP) is 3.58. The van der Waals surface area contributed by atoms with Crippen LogP contribution in [0.4, 0.5) is 0 Å². The molecule has 1 fully saturated rings. The number of halogens is 1. The van der Waals surface area contributed by atoms with E-state index in [0.717, 1.165) is 30.4 Å². The van der Waals surface area contributed by atoms with E-state index in [-0.39, 0.29) is 5.41 Å². The molecule has 2 aromatic rings. The van der Waals surface area contributed by atoms with Gasteiger partial charge < -0.3 is 9.88 Å². The molecule has 0 amide bonds. The maximum atomic E-state index is 4.41. The first-order chi connectivity index (χ1) is 9.62. The minimum atomic E-state index is 0.199. The lowest BCUT2D eigenvalue weighted by Crippen LogP contribution is -2.38. The SMILES string of the molecule is Cc1cccc(-n2cncc2C2(C)CCNCC2)c1Br. The van der Waals surface area contributed by atoms with Crippen LogP contribution in [0, 0.1) is 6.92 Å². The van der Waals surface area contributed by atoms with Crippen molar-refractivity contribution in [2.45, 2.75) is 32.1 Å². The quantitative estimate of drug-likeness (QED) is 0.910. The third-order valence-corrected chi connectivity index (χ3v) is 5.43. The van der Waals surface area contributed by atoms with Crippen molar-refractivity contribution in [3.8, 4) is 5.69 Å². The molecule has 106 valence electrons. The molecule has 0 saturated carbocycles. The second kappa shape index (κ2) is 5.34. The Kier molecular flexibility index (Phi) is 3.69. The number of rotatable bonds is 2. The topological polar surface area (TPSA) is 29.9 Å². The third-order valence-electron chi connectivity index (χ3n) is 4.39. The van der Waals surface area contributed by atoms with Crippen LogP contribution in [0.1, 0.15) is 31.0 Å². The first-order valence-corrected chi connectivity index (χ1v) is 7.90. The van der Waals surface area contributed by atoms with E-state index in [4.69, 9.17) is 0 Å². The molecule has 3 nitrogen and oxygen atoms in total. The number of hydrogen-bond acceptors (Lipinski definition) is 2. The summed E-state index contributed by atoms with van der Waals surface area (Å²) < 4.78 is 3.39. The number of aromatic nitrogens is 2. The summed E-state index contributed by atoms with van der Waals surface area (Å²) in [4.78, 5) is 4.41. The number of aryl methyl sites for hydroxylation is 1. The van der Waals surface area contributed by atoms with Gasteiger partial charge in [0.15, 0.2) is 0 Å². The van der Waals surface area contributed by atoms with Crippen LogP contribution in [0.2, 0.25) is 0 Å². The lowest BCUT2D eigenvalue weighted by Gasteiger charge is -2.34. The van der Waals surface area contributed by atoms with Crippen molar-refractivity contribution >= 4 is 15.9 Å². The highest BCUT2D eigenvalue weighted by molar-refractivity contribution is 9.10. The van der Waals surface area contributed by atoms with E-state index < -0.39 is 0 Å². The molecule has 0 atom stereocenters. The molecular formula is C16H20BrN3. The molecule has 2 heterocycles. The van der Waals surface area contributed by atoms with Gasteiger partial charge in [-0.05, 0) is 60.4 Å². The number of nitrogens with one attached hydrogen (secondary N) is 1. The lowest BCUT2D eigenvalue weighted by molar-refractivity contribution is 0.324. The number of hydrogen-bond donors (Lipinski definition) is 1. The van der Waals surface area contributed by atoms with Crippen molar-refractivity contribution in [3.63, 3.8) is 0 Å². The Morgan fingerprint density at radius 2 is 2.05 bits per heavy atom. The molecule has 1 aliphatic heterocycles. The van der Waals surface area contributed by atoms with E-state index in [2.05, 4.69) is 62.8 Å². The second-order valence-electron chi connectivity index (χ2n) is 5.87. The van der Waals surface area contributed by atoms with E-state index in [9.17, 15) is 0 Å². The summed E-state index contributed by atoms with van der Waals surface area (Å²) >= 11 is 3.72. The Morgan fingerprint density at radius 3 is 2.80 bits per heavy atom. The number of nitrogens with zero attached hydrogens (tertiary/aromatic N) is 2. The van der Waals surface area contributed by atoms with Crippen molar-refractivity contribution in [3.05, 3.63) is 46.5 Å². The highest BCUT2D eigenvalue weighted by Crippen LogP contribution is 2.35. The van der Waals surface area contributed by atoms with Crippen LogP contribution in [0.25, 0.3) is 5.69 Å². The van der Waals surface area contributed by atoms with Gasteiger partial charge in [0.25, 0.3) is 0 Å². The van der Waals surface area contributed by atoms with Crippen LogP contribution in [0.3, 0.4) is 0 Å². The average Bonchev–Trinajstić information content (AvgIpc) is 2.93. The van der Waals surface area contributed by atoms with Gasteiger partial charge >= 0.3 is 0 Å². The molecule has 0 radical (unpaired) electrons. The summed E-state index contributed by atoms with van der Waals surface area (Å²) in [6, 6.07) is 6.37. The van der Waals surface area contributed by atoms with Gasteiger partial charge in [0.1, 0.15) is 0 Å². The monoisotopic (exact) mass is 333 g/mol. The first kappa shape index (κ1) is 13.8. The maximum absolute atomic E-state index is 4.41. The van der Waals surface area contributed by atoms with Crippen LogP contribution in [-0.4, -0.2) is 22.6 Å². The Labute approximate surface area is 128 Å². The molecule has 3 rings (SSSR count). The highest BCUT2D eigenvalue weighted by Gasteiger charge is 2.32. The fourth-order valence-electron chi connectivity index (χ4n) is 2.99. The van der Waals surface area contributed by atoms with Gasteiger partial charge in [-0.1, -0.05) is 19.1 Å². The summed E-state index contributed by atoms with van der Waals surface area (Å²) in [6.45, 7) is 6.63. The molecule has 1 saturated heterocycles. The lowest BCUT2D eigenvalue weighted by atomic mass is 9.78. The van der Waals surface area contributed by atoms with Gasteiger partial charge in [-0.25, -0.2) is 4.98 Å². The maximum Gasteiger partial charge on any atom is 0.0994 e. The summed E-state index contributed by atoms with van der Waals surface area (Å²) in [5.74, 6) is 0. The number of benzene rings is 1. The van der Waals surface area contributed by atoms with E-state index in [1.54, 1.807) is 0 Å². The molecule has 1 N–H and O–H groups in total. The molecule has 1 aliphatic rings. The highest BCUT2D eigenvalue weighted by atomic mass is 79.9. The average molecular weight is 334 g/mol. The normalized spacial score (nSPS) is 18.1. The smallest absolute Gasteiger partial charge is 0.0994 e. The van der Waals surface area contributed by atoms with E-state index in [1.807, 2.05) is 12.5 Å². The van der Waals surface area contributed by atoms with Crippen molar-refractivity contribution in [1.29, 1.82) is 0 Å². The summed E-state index contributed by atoms with van der Waals surface area (Å²) in [5, 5.41) is 3.44. The standard InChI is InChI=1S/C16H20BrN3/c1-12-4-3-5-13(15(12)17)20-11-19-10-14(20)16(2)6-8-18-9-7-16/h3-5,10-11,18H,6-9H2,1-2H3. The molecular weight excluding hydrogens is 314 g/mol. The minimum Gasteiger partial charge on any atom is -0.317 e. The van der Waals surface area contributed by atoms with E-state index in [0.29, 0.717) is 0 Å². The predicted molar refractivity (Wildman–Crippen MR) is 85.5 cm³/mol. The Bertz CT molecular complexity index is 612. The van der Waals surface area contributed by atoms with E-state index >= 15 is 0 Å². The number of piperidine rings is 1. The van der Waals surface area contributed by atoms with Crippen molar-refractivity contribution in [1.82, 2.24) is 14.9 Å². The molecule has 1 aromatic carbocycles. The van der Waals surface area contributed by atoms with Crippen LogP contribution in [0.5, 0.6) is 0 Å². The third kappa shape index (κ3) is 2.31. The van der Waals surface area contributed by atoms with Crippen molar-refractivity contribution in [2.75, 3.05) is 13.1 Å². The van der Waals surface area contributed by atoms with Gasteiger partial charge in [0.2, 0.25) is 0 Å². The Hall–Kier alpha value is -1.13. The second-order valence-corrected chi connectivity index (χ2v) is 6.66. The van der Waals surface area contributed by atoms with Gasteiger partial charge in [-0.15, -0.1) is 0 Å². The fourth-order valence-corrected chi connectivity index (χ4v) is 3.44. The van der Waals surface area contributed by atoms with Crippen molar-refractivity contribution in [2.24, 2.45) is 0 Å². The molecule has 0 bridgehead atoms. The minimum absolute atomic E-state index is 0.199. The van der Waals surface area contributed by atoms with Crippen LogP contribution in [-0.2, 0) is 5.41 Å². The Balaban J connectivity index is 2.08. The summed E-state index contributed by atoms with van der Waals surface area (Å²) in [5.41, 5.74) is 3.94. The fraction of sp³-hybridized carbons (Fsp3) is 0.438. The zero-order chi connectivity index (χ0) is 14.2. The largest absolute Gasteiger partial charge is 0.317 e. The summed E-state index contributed by atoms with van der Waals surface area (Å²) in [6.07, 6.45) is 6.27. The van der Waals surface area contributed by atoms with Crippen LogP contribution in [0.15, 0.2) is 35.2 Å². The van der Waals surface area contributed by atoms with Gasteiger partial charge in [0.05, 0.1) is 12.0 Å². The molecule has 20 heavy (non-hydrogen) atoms. The first-order valence-electron chi connectivity index (χ1n) is 7.11. The summed E-state index contributed by atoms with van der Waals surface area (Å²) in [7, 11) is 0. The number of imidazole rings is 1. The zero-order valence-corrected chi connectivity index (χ0v) is 13.6. The zero-order valence-electron chi connectivity index (χ0n) is 12.0. The van der Waals surface area contributed by atoms with Gasteiger partial charge in [-0.3, -0.25) is 0 Å². The van der Waals surface area contributed by atoms with E-state index in [1.165, 1.54) is 16.9 Å². The van der Waals surface area contributed by atoms with Gasteiger partial charge in [0, 0.05) is 21.8 Å². The molecule has 4 heteroatoms. The molecule has 1 aromatic heterocycles. The van der Waals surface area contributed by atoms with Crippen LogP contribution >= 0.6 is 15.9 Å². The molecule has 0 unspecified atom stereocenters. The van der Waals surface area contributed by atoms with Gasteiger partial charge in [-0.2, -0.15) is 0 Å². The van der Waals surface area contributed by atoms with Crippen LogP contribution < -0.4 is 5.32 Å². The molecule has 0 spiro atoms. The van der Waals surface area contributed by atoms with Crippen molar-refractivity contribution < 1.29 is 0 Å². The Morgan fingerprint density at radius 1 is 1.30 bits per heavy atom.